The van der Waals surface area contributed by atoms with Crippen LogP contribution in [0.15, 0.2) is 21.9 Å². The molecule has 0 aromatic carbocycles. The Hall–Kier alpha value is -0.216. The van der Waals surface area contributed by atoms with Crippen molar-refractivity contribution in [1.29, 1.82) is 0 Å². The molecule has 5 heteroatoms. The van der Waals surface area contributed by atoms with E-state index in [0.717, 1.165) is 0 Å². The molecule has 1 heterocycles. The average Bonchev–Trinajstić information content (AvgIpc) is 1.64. The Balaban J connectivity index is 0.000000640. The molecule has 0 aliphatic heterocycles. The van der Waals surface area contributed by atoms with Gasteiger partial charge >= 0.3 is 0 Å². The molecule has 1 N–H and O–H groups in total. The summed E-state index contributed by atoms with van der Waals surface area (Å²) in [6.45, 7) is 0. The Morgan fingerprint density at radius 2 is 2.11 bits per heavy atom. The summed E-state index contributed by atoms with van der Waals surface area (Å²) in [5.74, 6) is 0. The Kier molecular flexibility index (Phi) is 3.65. The zero-order valence-corrected chi connectivity index (χ0v) is 7.33. The molecule has 1 radical (unpaired) electrons. The van der Waals surface area contributed by atoms with Gasteiger partial charge in [0.1, 0.15) is 0 Å². The van der Waals surface area contributed by atoms with Crippen LogP contribution in [0, 0.1) is 0 Å². The van der Waals surface area contributed by atoms with E-state index in [1.165, 1.54) is 12.3 Å². The normalized spacial score (nSPS) is 8.00. The quantitative estimate of drug-likeness (QED) is 0.565. The molecule has 45 valence electrons. The first-order chi connectivity index (χ1) is 3.79. The summed E-state index contributed by atoms with van der Waals surface area (Å²) in [4.78, 5) is 25.5. The molecule has 4 nitrogen and oxygen atoms in total. The zero-order chi connectivity index (χ0) is 5.98. The van der Waals surface area contributed by atoms with E-state index in [-0.39, 0.29) is 32.7 Å². The minimum absolute atomic E-state index is 0. The van der Waals surface area contributed by atoms with Crippen LogP contribution in [0.1, 0.15) is 0 Å². The standard InChI is InChI=1S/C4H4N2O2.Y/c7-3-1-2-5-4(8)6-3;/h1-2H,(H2,5,6,7,8);/p-1. The van der Waals surface area contributed by atoms with E-state index in [4.69, 9.17) is 0 Å². The van der Waals surface area contributed by atoms with E-state index in [9.17, 15) is 9.59 Å². The van der Waals surface area contributed by atoms with Crippen molar-refractivity contribution < 1.29 is 32.7 Å². The summed E-state index contributed by atoms with van der Waals surface area (Å²) in [5, 5.41) is 0. The van der Waals surface area contributed by atoms with Crippen molar-refractivity contribution in [3.8, 4) is 0 Å². The van der Waals surface area contributed by atoms with Gasteiger partial charge in [0.05, 0.1) is 0 Å². The van der Waals surface area contributed by atoms with Crippen molar-refractivity contribution in [2.75, 3.05) is 0 Å². The van der Waals surface area contributed by atoms with E-state index in [2.05, 4.69) is 9.97 Å². The monoisotopic (exact) mass is 200 g/mol. The number of nitrogens with one attached hydrogen (secondary N) is 1. The Labute approximate surface area is 75.6 Å². The third-order valence-electron chi connectivity index (χ3n) is 0.644. The van der Waals surface area contributed by atoms with Crippen LogP contribution in [-0.4, -0.2) is 4.98 Å². The van der Waals surface area contributed by atoms with Crippen molar-refractivity contribution in [3.05, 3.63) is 33.1 Å². The van der Waals surface area contributed by atoms with E-state index >= 15 is 0 Å². The van der Waals surface area contributed by atoms with Crippen molar-refractivity contribution in [2.24, 2.45) is 0 Å². The molecule has 0 bridgehead atoms. The first-order valence-corrected chi connectivity index (χ1v) is 2.02. The van der Waals surface area contributed by atoms with Crippen LogP contribution in [0.5, 0.6) is 0 Å². The number of hydrogen-bond acceptors (Lipinski definition) is 2. The summed E-state index contributed by atoms with van der Waals surface area (Å²) in [6.07, 6.45) is 1.26. The number of rotatable bonds is 0. The molecule has 0 amide bonds. The smallest absolute Gasteiger partial charge is 0.173 e. The summed E-state index contributed by atoms with van der Waals surface area (Å²) in [5.41, 5.74) is -1.11. The largest absolute Gasteiger partial charge is 0.430 e. The molecule has 1 aromatic rings. The molecule has 1 rings (SSSR count). The van der Waals surface area contributed by atoms with E-state index in [1.54, 1.807) is 0 Å². The van der Waals surface area contributed by atoms with Gasteiger partial charge in [0.15, 0.2) is 11.2 Å². The number of aromatic amines is 1. The van der Waals surface area contributed by atoms with Crippen LogP contribution in [0.25, 0.3) is 0 Å². The first kappa shape index (κ1) is 8.78. The number of hydrogen-bond donors (Lipinski definition) is 1. The SMILES string of the molecule is O=c1cc[nH]c(=O)[n-]1.[Y]. The van der Waals surface area contributed by atoms with Crippen LogP contribution in [-0.2, 0) is 32.7 Å². The fourth-order valence-electron chi connectivity index (χ4n) is 0.354. The molecule has 0 aliphatic rings. The van der Waals surface area contributed by atoms with Gasteiger partial charge in [-0.25, -0.2) is 0 Å². The van der Waals surface area contributed by atoms with Crippen LogP contribution >= 0.6 is 0 Å². The second-order valence-corrected chi connectivity index (χ2v) is 1.23. The molecular formula is C4H3N2O2Y-. The average molecular weight is 200 g/mol. The van der Waals surface area contributed by atoms with E-state index in [1.807, 2.05) is 0 Å². The first-order valence-electron chi connectivity index (χ1n) is 2.02. The molecule has 1 aromatic heterocycles. The topological polar surface area (TPSA) is 64.0 Å². The maximum atomic E-state index is 10.2. The van der Waals surface area contributed by atoms with Crippen molar-refractivity contribution >= 4 is 0 Å². The second kappa shape index (κ2) is 3.74. The minimum atomic E-state index is -0.600. The number of H-pyrrole nitrogens is 1. The van der Waals surface area contributed by atoms with Crippen molar-refractivity contribution in [2.45, 2.75) is 0 Å². The molecule has 0 saturated heterocycles. The molecular weight excluding hydrogens is 197 g/mol. The number of nitrogens with zero attached hydrogens (tertiary/aromatic N) is 1. The molecule has 0 saturated carbocycles. The predicted molar refractivity (Wildman–Crippen MR) is 26.7 cm³/mol. The maximum Gasteiger partial charge on any atom is 0.173 e. The van der Waals surface area contributed by atoms with Gasteiger partial charge in [-0.2, -0.15) is 0 Å². The molecule has 0 spiro atoms. The van der Waals surface area contributed by atoms with Gasteiger partial charge in [0.2, 0.25) is 0 Å². The van der Waals surface area contributed by atoms with Gasteiger partial charge < -0.3 is 9.97 Å². The summed E-state index contributed by atoms with van der Waals surface area (Å²) in [6, 6.07) is 1.18. The van der Waals surface area contributed by atoms with Crippen molar-refractivity contribution in [3.63, 3.8) is 0 Å². The van der Waals surface area contributed by atoms with Crippen LogP contribution < -0.4 is 16.2 Å². The van der Waals surface area contributed by atoms with E-state index in [0.29, 0.717) is 0 Å². The van der Waals surface area contributed by atoms with Gasteiger partial charge in [-0.05, 0) is 6.07 Å². The van der Waals surface area contributed by atoms with Gasteiger partial charge in [-0.15, -0.1) is 0 Å². The summed E-state index contributed by atoms with van der Waals surface area (Å²) in [7, 11) is 0. The fourth-order valence-corrected chi connectivity index (χ4v) is 0.354. The molecule has 0 atom stereocenters. The summed E-state index contributed by atoms with van der Waals surface area (Å²) < 4.78 is 0. The Bertz CT molecular complexity index is 251. The van der Waals surface area contributed by atoms with Gasteiger partial charge in [-0.3, -0.25) is 9.59 Å². The second-order valence-electron chi connectivity index (χ2n) is 1.23. The fraction of sp³-hybridized carbons (Fsp3) is 0. The number of aromatic nitrogens is 2. The summed E-state index contributed by atoms with van der Waals surface area (Å²) >= 11 is 0. The van der Waals surface area contributed by atoms with Gasteiger partial charge in [0, 0.05) is 32.7 Å². The van der Waals surface area contributed by atoms with Crippen LogP contribution in [0.4, 0.5) is 0 Å². The minimum Gasteiger partial charge on any atom is -0.430 e. The van der Waals surface area contributed by atoms with Crippen LogP contribution in [0.2, 0.25) is 0 Å². The Morgan fingerprint density at radius 1 is 1.44 bits per heavy atom. The molecule has 0 fully saturated rings. The van der Waals surface area contributed by atoms with Crippen molar-refractivity contribution in [1.82, 2.24) is 9.97 Å². The molecule has 9 heavy (non-hydrogen) atoms. The maximum absolute atomic E-state index is 10.2. The molecule has 0 unspecified atom stereocenters. The Morgan fingerprint density at radius 3 is 2.44 bits per heavy atom. The predicted octanol–water partition coefficient (Wildman–Crippen LogP) is -1.31. The van der Waals surface area contributed by atoms with E-state index < -0.39 is 11.2 Å². The van der Waals surface area contributed by atoms with Gasteiger partial charge in [0.25, 0.3) is 0 Å². The van der Waals surface area contributed by atoms with Crippen LogP contribution in [0.3, 0.4) is 0 Å². The third kappa shape index (κ3) is 2.72. The zero-order valence-electron chi connectivity index (χ0n) is 4.50. The molecule has 0 aliphatic carbocycles. The third-order valence-corrected chi connectivity index (χ3v) is 0.644. The van der Waals surface area contributed by atoms with Gasteiger partial charge in [-0.1, -0.05) is 6.20 Å².